The van der Waals surface area contributed by atoms with Gasteiger partial charge in [-0.25, -0.2) is 4.39 Å². The van der Waals surface area contributed by atoms with Crippen molar-refractivity contribution in [2.75, 3.05) is 18.9 Å². The van der Waals surface area contributed by atoms with Gasteiger partial charge in [-0.3, -0.25) is 4.79 Å². The third kappa shape index (κ3) is 7.33. The van der Waals surface area contributed by atoms with Crippen LogP contribution in [0.2, 0.25) is 0 Å². The minimum atomic E-state index is -0.294. The third-order valence-corrected chi connectivity index (χ3v) is 3.35. The second-order valence-corrected chi connectivity index (χ2v) is 5.25. The highest BCUT2D eigenvalue weighted by Gasteiger charge is 2.02. The van der Waals surface area contributed by atoms with Crippen molar-refractivity contribution in [3.8, 4) is 5.75 Å². The number of nitrogens with two attached hydrogens (primary N) is 1. The first-order valence-corrected chi connectivity index (χ1v) is 7.63. The quantitative estimate of drug-likeness (QED) is 0.565. The van der Waals surface area contributed by atoms with Gasteiger partial charge in [0.2, 0.25) is 5.91 Å². The number of carbonyl (C=O) groups excluding carboxylic acids is 1. The van der Waals surface area contributed by atoms with Crippen LogP contribution < -0.4 is 15.8 Å². The molecule has 0 unspecified atom stereocenters. The minimum absolute atomic E-state index is 0. The molecule has 2 aromatic rings. The molecule has 6 heteroatoms. The van der Waals surface area contributed by atoms with E-state index in [9.17, 15) is 9.18 Å². The molecule has 0 aliphatic rings. The van der Waals surface area contributed by atoms with Crippen LogP contribution in [-0.2, 0) is 11.2 Å². The number of amides is 1. The Morgan fingerprint density at radius 3 is 2.42 bits per heavy atom. The van der Waals surface area contributed by atoms with E-state index in [-0.39, 0.29) is 24.1 Å². The molecule has 0 aliphatic heterocycles. The summed E-state index contributed by atoms with van der Waals surface area (Å²) in [4.78, 5) is 11.7. The molecule has 0 spiro atoms. The smallest absolute Gasteiger partial charge is 0.220 e. The van der Waals surface area contributed by atoms with Gasteiger partial charge in [0.15, 0.2) is 0 Å². The van der Waals surface area contributed by atoms with Crippen LogP contribution >= 0.6 is 12.4 Å². The summed E-state index contributed by atoms with van der Waals surface area (Å²) in [6, 6.07) is 13.5. The van der Waals surface area contributed by atoms with Crippen LogP contribution in [0.1, 0.15) is 18.4 Å². The molecule has 130 valence electrons. The van der Waals surface area contributed by atoms with Gasteiger partial charge in [-0.05, 0) is 54.8 Å². The van der Waals surface area contributed by atoms with E-state index in [1.165, 1.54) is 12.1 Å². The summed E-state index contributed by atoms with van der Waals surface area (Å²) in [5.74, 6) is 0.316. The van der Waals surface area contributed by atoms with Gasteiger partial charge < -0.3 is 15.8 Å². The molecule has 0 fully saturated rings. The Balaban J connectivity index is 0.00000288. The summed E-state index contributed by atoms with van der Waals surface area (Å²) in [6.07, 6.45) is 1.80. The van der Waals surface area contributed by atoms with E-state index in [0.29, 0.717) is 31.7 Å². The maximum absolute atomic E-state index is 12.7. The van der Waals surface area contributed by atoms with Gasteiger partial charge in [-0.1, -0.05) is 12.1 Å². The van der Waals surface area contributed by atoms with E-state index in [2.05, 4.69) is 5.32 Å². The SMILES string of the molecule is Cl.Nc1ccc(CCNC(=O)CCCOc2ccc(F)cc2)cc1. The van der Waals surface area contributed by atoms with Gasteiger partial charge >= 0.3 is 0 Å². The van der Waals surface area contributed by atoms with Crippen molar-refractivity contribution >= 4 is 24.0 Å². The number of hydrogen-bond acceptors (Lipinski definition) is 3. The van der Waals surface area contributed by atoms with E-state index in [4.69, 9.17) is 10.5 Å². The zero-order valence-corrected chi connectivity index (χ0v) is 14.2. The van der Waals surface area contributed by atoms with Crippen molar-refractivity contribution in [3.63, 3.8) is 0 Å². The lowest BCUT2D eigenvalue weighted by molar-refractivity contribution is -0.121. The highest BCUT2D eigenvalue weighted by molar-refractivity contribution is 5.85. The molecule has 3 N–H and O–H groups in total. The molecule has 24 heavy (non-hydrogen) atoms. The number of benzene rings is 2. The van der Waals surface area contributed by atoms with Crippen molar-refractivity contribution in [2.24, 2.45) is 0 Å². The standard InChI is InChI=1S/C18H21FN2O2.ClH/c19-15-5-9-17(10-6-15)23-13-1-2-18(22)21-12-11-14-3-7-16(20)8-4-14;/h3-10H,1-2,11-13,20H2,(H,21,22);1H. The van der Waals surface area contributed by atoms with Crippen LogP contribution in [0.3, 0.4) is 0 Å². The second-order valence-electron chi connectivity index (χ2n) is 5.25. The molecule has 0 heterocycles. The number of rotatable bonds is 8. The second kappa shape index (κ2) is 10.5. The number of nitrogen functional groups attached to an aromatic ring is 1. The molecular formula is C18H22ClFN2O2. The highest BCUT2D eigenvalue weighted by Crippen LogP contribution is 2.11. The summed E-state index contributed by atoms with van der Waals surface area (Å²) in [6.45, 7) is 1.03. The molecule has 0 bridgehead atoms. The Morgan fingerprint density at radius 2 is 1.75 bits per heavy atom. The van der Waals surface area contributed by atoms with Crippen LogP contribution in [-0.4, -0.2) is 19.1 Å². The molecule has 0 aliphatic carbocycles. The summed E-state index contributed by atoms with van der Waals surface area (Å²) < 4.78 is 18.2. The van der Waals surface area contributed by atoms with E-state index >= 15 is 0 Å². The number of anilines is 1. The van der Waals surface area contributed by atoms with Crippen molar-refractivity contribution in [2.45, 2.75) is 19.3 Å². The van der Waals surface area contributed by atoms with Gasteiger partial charge in [0.1, 0.15) is 11.6 Å². The van der Waals surface area contributed by atoms with Gasteiger partial charge in [0, 0.05) is 18.7 Å². The molecule has 0 atom stereocenters. The van der Waals surface area contributed by atoms with Crippen molar-refractivity contribution < 1.29 is 13.9 Å². The Hall–Kier alpha value is -2.27. The largest absolute Gasteiger partial charge is 0.494 e. The molecule has 0 saturated carbocycles. The first kappa shape index (κ1) is 19.8. The topological polar surface area (TPSA) is 64.3 Å². The summed E-state index contributed by atoms with van der Waals surface area (Å²) in [7, 11) is 0. The summed E-state index contributed by atoms with van der Waals surface area (Å²) >= 11 is 0. The number of halogens is 2. The van der Waals surface area contributed by atoms with Gasteiger partial charge in [0.25, 0.3) is 0 Å². The first-order valence-electron chi connectivity index (χ1n) is 7.63. The van der Waals surface area contributed by atoms with Gasteiger partial charge in [0.05, 0.1) is 6.61 Å². The fourth-order valence-electron chi connectivity index (χ4n) is 2.07. The highest BCUT2D eigenvalue weighted by atomic mass is 35.5. The lowest BCUT2D eigenvalue weighted by Gasteiger charge is -2.07. The van der Waals surface area contributed by atoms with Crippen LogP contribution in [0.4, 0.5) is 10.1 Å². The fraction of sp³-hybridized carbons (Fsp3) is 0.278. The molecule has 2 aromatic carbocycles. The van der Waals surface area contributed by atoms with Gasteiger partial charge in [-0.15, -0.1) is 12.4 Å². The average molecular weight is 353 g/mol. The molecule has 1 amide bonds. The lowest BCUT2D eigenvalue weighted by Crippen LogP contribution is -2.25. The summed E-state index contributed by atoms with van der Waals surface area (Å²) in [5.41, 5.74) is 7.49. The van der Waals surface area contributed by atoms with Crippen molar-refractivity contribution in [3.05, 3.63) is 59.9 Å². The minimum Gasteiger partial charge on any atom is -0.494 e. The zero-order chi connectivity index (χ0) is 16.5. The van der Waals surface area contributed by atoms with Crippen LogP contribution in [0, 0.1) is 5.82 Å². The monoisotopic (exact) mass is 352 g/mol. The van der Waals surface area contributed by atoms with E-state index in [1.807, 2.05) is 24.3 Å². The first-order chi connectivity index (χ1) is 11.1. The zero-order valence-electron chi connectivity index (χ0n) is 13.3. The Kier molecular flexibility index (Phi) is 8.65. The fourth-order valence-corrected chi connectivity index (χ4v) is 2.07. The molecule has 0 radical (unpaired) electrons. The molecule has 0 aromatic heterocycles. The molecule has 4 nitrogen and oxygen atoms in total. The summed E-state index contributed by atoms with van der Waals surface area (Å²) in [5, 5.41) is 2.88. The van der Waals surface area contributed by atoms with Crippen LogP contribution in [0.25, 0.3) is 0 Å². The van der Waals surface area contributed by atoms with E-state index in [1.54, 1.807) is 12.1 Å². The average Bonchev–Trinajstić information content (AvgIpc) is 2.55. The van der Waals surface area contributed by atoms with Crippen LogP contribution in [0.5, 0.6) is 5.75 Å². The van der Waals surface area contributed by atoms with Crippen LogP contribution in [0.15, 0.2) is 48.5 Å². The molecular weight excluding hydrogens is 331 g/mol. The number of ether oxygens (including phenoxy) is 1. The Morgan fingerprint density at radius 1 is 1.08 bits per heavy atom. The van der Waals surface area contributed by atoms with E-state index in [0.717, 1.165) is 17.7 Å². The van der Waals surface area contributed by atoms with Gasteiger partial charge in [-0.2, -0.15) is 0 Å². The lowest BCUT2D eigenvalue weighted by atomic mass is 10.1. The molecule has 0 saturated heterocycles. The maximum atomic E-state index is 12.7. The van der Waals surface area contributed by atoms with E-state index < -0.39 is 0 Å². The normalized spacial score (nSPS) is 9.88. The third-order valence-electron chi connectivity index (χ3n) is 3.35. The number of nitrogens with one attached hydrogen (secondary N) is 1. The predicted molar refractivity (Wildman–Crippen MR) is 95.9 cm³/mol. The predicted octanol–water partition coefficient (Wildman–Crippen LogP) is 3.35. The van der Waals surface area contributed by atoms with Crippen molar-refractivity contribution in [1.82, 2.24) is 5.32 Å². The van der Waals surface area contributed by atoms with Crippen molar-refractivity contribution in [1.29, 1.82) is 0 Å². The maximum Gasteiger partial charge on any atom is 0.220 e. The Bertz CT molecular complexity index is 618. The molecule has 2 rings (SSSR count). The number of hydrogen-bond donors (Lipinski definition) is 2. The Labute approximate surface area is 147 Å². The number of carbonyl (C=O) groups is 1.